The van der Waals surface area contributed by atoms with E-state index in [-0.39, 0.29) is 24.7 Å². The first-order valence-electron chi connectivity index (χ1n) is 7.59. The lowest BCUT2D eigenvalue weighted by Crippen LogP contribution is -2.38. The number of nitrogens with one attached hydrogen (secondary N) is 1. The van der Waals surface area contributed by atoms with Gasteiger partial charge in [-0.15, -0.1) is 0 Å². The molecular weight excluding hydrogens is 354 g/mol. The number of rotatable bonds is 4. The highest BCUT2D eigenvalue weighted by Gasteiger charge is 2.32. The molecule has 1 amide bonds. The van der Waals surface area contributed by atoms with Crippen molar-refractivity contribution < 1.29 is 22.0 Å². The third kappa shape index (κ3) is 3.40. The Morgan fingerprint density at radius 1 is 1.24 bits per heavy atom. The second-order valence-corrected chi connectivity index (χ2v) is 7.73. The van der Waals surface area contributed by atoms with E-state index in [0.29, 0.717) is 24.6 Å². The summed E-state index contributed by atoms with van der Waals surface area (Å²) in [5.41, 5.74) is 5.98. The number of amides is 1. The molecule has 0 aliphatic carbocycles. The van der Waals surface area contributed by atoms with Gasteiger partial charge in [-0.3, -0.25) is 9.89 Å². The molecule has 10 heteroatoms. The molecule has 25 heavy (non-hydrogen) atoms. The number of aromatic amines is 1. The maximum absolute atomic E-state index is 13.8. The standard InChI is InChI=1S/C15H16F2N4O3S/c16-10-1-2-14(11(17)7-10)25(23,24)21-5-3-9(4-6-21)12-8-13(15(18)22)20-19-12/h1-2,7-9H,3-6H2,(H2,18,22)(H,19,20). The predicted molar refractivity (Wildman–Crippen MR) is 84.2 cm³/mol. The van der Waals surface area contributed by atoms with Crippen molar-refractivity contribution in [3.63, 3.8) is 0 Å². The summed E-state index contributed by atoms with van der Waals surface area (Å²) < 4.78 is 53.1. The van der Waals surface area contributed by atoms with E-state index in [0.717, 1.165) is 12.1 Å². The number of hydrogen-bond acceptors (Lipinski definition) is 4. The fourth-order valence-corrected chi connectivity index (χ4v) is 4.42. The lowest BCUT2D eigenvalue weighted by molar-refractivity contribution is 0.0995. The van der Waals surface area contributed by atoms with Crippen molar-refractivity contribution in [1.29, 1.82) is 0 Å². The van der Waals surface area contributed by atoms with Gasteiger partial charge in [0.05, 0.1) is 0 Å². The van der Waals surface area contributed by atoms with Crippen LogP contribution in [0.5, 0.6) is 0 Å². The summed E-state index contributed by atoms with van der Waals surface area (Å²) in [7, 11) is -4.03. The van der Waals surface area contributed by atoms with Crippen LogP contribution in [0.4, 0.5) is 8.78 Å². The number of primary amides is 1. The zero-order valence-corrected chi connectivity index (χ0v) is 13.9. The van der Waals surface area contributed by atoms with Crippen molar-refractivity contribution in [3.8, 4) is 0 Å². The van der Waals surface area contributed by atoms with Gasteiger partial charge >= 0.3 is 0 Å². The van der Waals surface area contributed by atoms with Gasteiger partial charge in [-0.25, -0.2) is 17.2 Å². The molecule has 7 nitrogen and oxygen atoms in total. The molecule has 0 bridgehead atoms. The molecule has 1 aromatic heterocycles. The molecule has 2 heterocycles. The minimum atomic E-state index is -4.03. The molecular formula is C15H16F2N4O3S. The van der Waals surface area contributed by atoms with Crippen molar-refractivity contribution in [2.75, 3.05) is 13.1 Å². The van der Waals surface area contributed by atoms with Crippen LogP contribution in [-0.4, -0.2) is 41.9 Å². The number of piperidine rings is 1. The lowest BCUT2D eigenvalue weighted by atomic mass is 9.94. The highest BCUT2D eigenvalue weighted by Crippen LogP contribution is 2.30. The summed E-state index contributed by atoms with van der Waals surface area (Å²) in [6.07, 6.45) is 0.949. The number of sulfonamides is 1. The molecule has 1 fully saturated rings. The molecule has 1 aromatic carbocycles. The molecule has 1 aliphatic heterocycles. The van der Waals surface area contributed by atoms with Gasteiger partial charge in [-0.2, -0.15) is 9.40 Å². The molecule has 3 N–H and O–H groups in total. The maximum atomic E-state index is 13.8. The van der Waals surface area contributed by atoms with E-state index < -0.39 is 32.5 Å². The topological polar surface area (TPSA) is 109 Å². The molecule has 0 saturated carbocycles. The minimum Gasteiger partial charge on any atom is -0.364 e. The Bertz CT molecular complexity index is 905. The largest absolute Gasteiger partial charge is 0.364 e. The summed E-state index contributed by atoms with van der Waals surface area (Å²) in [6, 6.07) is 3.95. The van der Waals surface area contributed by atoms with Crippen LogP contribution in [0.3, 0.4) is 0 Å². The molecule has 0 unspecified atom stereocenters. The Hall–Kier alpha value is -2.33. The molecule has 2 aromatic rings. The summed E-state index contributed by atoms with van der Waals surface area (Å²) in [6.45, 7) is 0.351. The second kappa shape index (κ2) is 6.52. The van der Waals surface area contributed by atoms with Gasteiger partial charge in [-0.1, -0.05) is 0 Å². The molecule has 1 aliphatic rings. The number of benzene rings is 1. The van der Waals surface area contributed by atoms with E-state index in [4.69, 9.17) is 5.73 Å². The van der Waals surface area contributed by atoms with E-state index in [1.54, 1.807) is 6.07 Å². The number of carbonyl (C=O) groups excluding carboxylic acids is 1. The molecule has 0 radical (unpaired) electrons. The summed E-state index contributed by atoms with van der Waals surface area (Å²) in [5.74, 6) is -2.60. The van der Waals surface area contributed by atoms with E-state index in [2.05, 4.69) is 10.2 Å². The van der Waals surface area contributed by atoms with Gasteiger partial charge in [0.25, 0.3) is 5.91 Å². The summed E-state index contributed by atoms with van der Waals surface area (Å²) in [4.78, 5) is 10.5. The van der Waals surface area contributed by atoms with Crippen molar-refractivity contribution in [1.82, 2.24) is 14.5 Å². The average molecular weight is 370 g/mol. The fourth-order valence-electron chi connectivity index (χ4n) is 2.90. The molecule has 0 atom stereocenters. The lowest BCUT2D eigenvalue weighted by Gasteiger charge is -2.30. The Balaban J connectivity index is 1.73. The summed E-state index contributed by atoms with van der Waals surface area (Å²) >= 11 is 0. The first-order valence-corrected chi connectivity index (χ1v) is 9.03. The molecule has 3 rings (SSSR count). The smallest absolute Gasteiger partial charge is 0.269 e. The minimum absolute atomic E-state index is 0.00915. The molecule has 1 saturated heterocycles. The van der Waals surface area contributed by atoms with Crippen LogP contribution >= 0.6 is 0 Å². The van der Waals surface area contributed by atoms with Gasteiger partial charge < -0.3 is 5.73 Å². The van der Waals surface area contributed by atoms with Gasteiger partial charge in [0.15, 0.2) is 0 Å². The monoisotopic (exact) mass is 370 g/mol. The third-order valence-corrected chi connectivity index (χ3v) is 6.19. The third-order valence-electron chi connectivity index (χ3n) is 4.26. The molecule has 0 spiro atoms. The van der Waals surface area contributed by atoms with E-state index in [9.17, 15) is 22.0 Å². The van der Waals surface area contributed by atoms with E-state index in [1.807, 2.05) is 0 Å². The van der Waals surface area contributed by atoms with Gasteiger partial charge in [-0.05, 0) is 31.0 Å². The highest BCUT2D eigenvalue weighted by atomic mass is 32.2. The number of hydrogen-bond donors (Lipinski definition) is 2. The van der Waals surface area contributed by atoms with Crippen LogP contribution in [0.1, 0.15) is 34.9 Å². The number of aromatic nitrogens is 2. The molecule has 134 valence electrons. The van der Waals surface area contributed by atoms with Crippen LogP contribution in [0.15, 0.2) is 29.2 Å². The van der Waals surface area contributed by atoms with Crippen LogP contribution in [0, 0.1) is 11.6 Å². The summed E-state index contributed by atoms with van der Waals surface area (Å²) in [5, 5.41) is 6.55. The first kappa shape index (κ1) is 17.5. The predicted octanol–water partition coefficient (Wildman–Crippen LogP) is 1.36. The SMILES string of the molecule is NC(=O)c1cc(C2CCN(S(=O)(=O)c3ccc(F)cc3F)CC2)[nH]n1. The van der Waals surface area contributed by atoms with Gasteiger partial charge in [0, 0.05) is 30.8 Å². The van der Waals surface area contributed by atoms with Crippen LogP contribution in [0.25, 0.3) is 0 Å². The average Bonchev–Trinajstić information content (AvgIpc) is 3.05. The Labute approximate surface area is 142 Å². The number of nitrogens with two attached hydrogens (primary N) is 1. The Kier molecular flexibility index (Phi) is 4.56. The van der Waals surface area contributed by atoms with Crippen molar-refractivity contribution in [2.24, 2.45) is 5.73 Å². The first-order chi connectivity index (χ1) is 11.8. The number of carbonyl (C=O) groups is 1. The Morgan fingerprint density at radius 3 is 2.48 bits per heavy atom. The zero-order valence-electron chi connectivity index (χ0n) is 13.1. The number of halogens is 2. The Morgan fingerprint density at radius 2 is 1.92 bits per heavy atom. The highest BCUT2D eigenvalue weighted by molar-refractivity contribution is 7.89. The number of nitrogens with zero attached hydrogens (tertiary/aromatic N) is 2. The normalized spacial score (nSPS) is 16.9. The van der Waals surface area contributed by atoms with Crippen molar-refractivity contribution in [2.45, 2.75) is 23.7 Å². The van der Waals surface area contributed by atoms with E-state index >= 15 is 0 Å². The van der Waals surface area contributed by atoms with Crippen molar-refractivity contribution in [3.05, 3.63) is 47.3 Å². The van der Waals surface area contributed by atoms with Crippen LogP contribution < -0.4 is 5.73 Å². The van der Waals surface area contributed by atoms with E-state index in [1.165, 1.54) is 4.31 Å². The second-order valence-electron chi connectivity index (χ2n) is 5.83. The van der Waals surface area contributed by atoms with Crippen molar-refractivity contribution >= 4 is 15.9 Å². The number of H-pyrrole nitrogens is 1. The van der Waals surface area contributed by atoms with Gasteiger partial charge in [0.2, 0.25) is 10.0 Å². The van der Waals surface area contributed by atoms with Crippen LogP contribution in [0.2, 0.25) is 0 Å². The van der Waals surface area contributed by atoms with Gasteiger partial charge in [0.1, 0.15) is 22.2 Å². The fraction of sp³-hybridized carbons (Fsp3) is 0.333. The van der Waals surface area contributed by atoms with Crippen LogP contribution in [-0.2, 0) is 10.0 Å². The quantitative estimate of drug-likeness (QED) is 0.847. The maximum Gasteiger partial charge on any atom is 0.269 e. The zero-order chi connectivity index (χ0) is 18.2.